The summed E-state index contributed by atoms with van der Waals surface area (Å²) < 4.78 is 12.4. The van der Waals surface area contributed by atoms with E-state index in [0.29, 0.717) is 22.1 Å². The molecule has 1 aliphatic rings. The van der Waals surface area contributed by atoms with Crippen LogP contribution in [0, 0.1) is 0 Å². The number of carbonyl (C=O) groups excluding carboxylic acids is 2. The normalized spacial score (nSPS) is 18.6. The van der Waals surface area contributed by atoms with Gasteiger partial charge in [0.1, 0.15) is 0 Å². The first-order chi connectivity index (χ1) is 16.0. The van der Waals surface area contributed by atoms with Gasteiger partial charge >= 0.3 is 5.91 Å². The Morgan fingerprint density at radius 3 is 2.36 bits per heavy atom. The number of rotatable bonds is 6. The van der Waals surface area contributed by atoms with E-state index < -0.39 is 12.1 Å². The number of ether oxygens (including phenoxy) is 2. The fourth-order valence-electron chi connectivity index (χ4n) is 3.75. The first-order valence-electron chi connectivity index (χ1n) is 10.3. The molecule has 1 aliphatic heterocycles. The van der Waals surface area contributed by atoms with Crippen LogP contribution in [0.2, 0.25) is 5.02 Å². The highest BCUT2D eigenvalue weighted by Crippen LogP contribution is 2.29. The first-order valence-corrected chi connectivity index (χ1v) is 10.6. The number of hydrogen-bond donors (Lipinski definition) is 2. The third-order valence-electron chi connectivity index (χ3n) is 5.37. The summed E-state index contributed by atoms with van der Waals surface area (Å²) >= 11 is 6.08. The molecular formula is C25H23ClN3O4+. The SMILES string of the molecule is COc1ccc(/C=[N+]2\NC(=O)[C@H](NC(=O)c3ccccc3)[C@H]2c2ccc(Cl)cc2)cc1OC. The van der Waals surface area contributed by atoms with Gasteiger partial charge in [-0.15, -0.1) is 10.1 Å². The average Bonchev–Trinajstić information content (AvgIpc) is 3.14. The maximum absolute atomic E-state index is 13.0. The average molecular weight is 465 g/mol. The molecule has 0 radical (unpaired) electrons. The standard InChI is InChI=1S/C25H22ClN3O4/c1-32-20-13-8-16(14-21(20)33-2)15-29-23(17-9-11-19(26)12-10-17)22(25(31)28-29)27-24(30)18-6-4-3-5-7-18/h3-15,22-23H,1-2H3,(H-,27,28,30,31)/p+1/b29-15-/t22-,23-/m1/s1. The van der Waals surface area contributed by atoms with Gasteiger partial charge in [0.2, 0.25) is 12.3 Å². The number of nitrogens with zero attached hydrogens (tertiary/aromatic N) is 1. The van der Waals surface area contributed by atoms with Gasteiger partial charge in [0.05, 0.1) is 14.2 Å². The van der Waals surface area contributed by atoms with Gasteiger partial charge in [-0.3, -0.25) is 9.59 Å². The van der Waals surface area contributed by atoms with E-state index in [9.17, 15) is 9.59 Å². The molecule has 7 nitrogen and oxygen atoms in total. The molecule has 0 bridgehead atoms. The molecule has 0 aromatic heterocycles. The van der Waals surface area contributed by atoms with Crippen molar-refractivity contribution in [2.24, 2.45) is 0 Å². The predicted octanol–water partition coefficient (Wildman–Crippen LogP) is 3.37. The number of hydrogen-bond acceptors (Lipinski definition) is 4. The van der Waals surface area contributed by atoms with Crippen LogP contribution in [-0.4, -0.2) is 43.0 Å². The molecule has 8 heteroatoms. The molecule has 1 fully saturated rings. The lowest BCUT2D eigenvalue weighted by atomic mass is 9.99. The molecule has 0 unspecified atom stereocenters. The van der Waals surface area contributed by atoms with E-state index in [4.69, 9.17) is 21.1 Å². The smallest absolute Gasteiger partial charge is 0.304 e. The van der Waals surface area contributed by atoms with Gasteiger partial charge in [-0.05, 0) is 42.5 Å². The van der Waals surface area contributed by atoms with Crippen molar-refractivity contribution < 1.29 is 23.7 Å². The summed E-state index contributed by atoms with van der Waals surface area (Å²) in [6.45, 7) is 0. The second-order valence-electron chi connectivity index (χ2n) is 7.44. The maximum atomic E-state index is 13.0. The van der Waals surface area contributed by atoms with Crippen LogP contribution in [-0.2, 0) is 4.79 Å². The molecule has 0 aliphatic carbocycles. The number of methoxy groups -OCH3 is 2. The van der Waals surface area contributed by atoms with Crippen LogP contribution < -0.4 is 20.2 Å². The topological polar surface area (TPSA) is 79.7 Å². The van der Waals surface area contributed by atoms with Crippen LogP contribution in [0.1, 0.15) is 27.5 Å². The van der Waals surface area contributed by atoms with Crippen molar-refractivity contribution in [3.63, 3.8) is 0 Å². The van der Waals surface area contributed by atoms with Gasteiger partial charge in [0.15, 0.2) is 17.5 Å². The zero-order chi connectivity index (χ0) is 23.4. The molecule has 3 aromatic rings. The van der Waals surface area contributed by atoms with Crippen molar-refractivity contribution in [3.8, 4) is 11.5 Å². The van der Waals surface area contributed by atoms with Crippen molar-refractivity contribution in [1.29, 1.82) is 0 Å². The zero-order valence-electron chi connectivity index (χ0n) is 18.1. The molecule has 33 heavy (non-hydrogen) atoms. The highest BCUT2D eigenvalue weighted by molar-refractivity contribution is 6.30. The van der Waals surface area contributed by atoms with E-state index >= 15 is 0 Å². The lowest BCUT2D eigenvalue weighted by molar-refractivity contribution is -0.596. The summed E-state index contributed by atoms with van der Waals surface area (Å²) in [5, 5.41) is 3.45. The summed E-state index contributed by atoms with van der Waals surface area (Å²) in [6, 6.07) is 20.1. The van der Waals surface area contributed by atoms with Crippen LogP contribution in [0.25, 0.3) is 0 Å². The van der Waals surface area contributed by atoms with Gasteiger partial charge in [0.25, 0.3) is 5.91 Å². The number of hydrazone groups is 1. The van der Waals surface area contributed by atoms with E-state index in [0.717, 1.165) is 11.1 Å². The van der Waals surface area contributed by atoms with Crippen LogP contribution in [0.15, 0.2) is 72.8 Å². The molecule has 0 saturated carbocycles. The third-order valence-corrected chi connectivity index (χ3v) is 5.62. The molecule has 1 heterocycles. The summed E-state index contributed by atoms with van der Waals surface area (Å²) in [7, 11) is 3.13. The Balaban J connectivity index is 1.72. The minimum atomic E-state index is -0.824. The van der Waals surface area contributed by atoms with Crippen LogP contribution >= 0.6 is 11.6 Å². The zero-order valence-corrected chi connectivity index (χ0v) is 18.9. The summed E-state index contributed by atoms with van der Waals surface area (Å²) in [4.78, 5) is 25.8. The van der Waals surface area contributed by atoms with Gasteiger partial charge in [-0.25, -0.2) is 0 Å². The Labute approximate surface area is 196 Å². The number of amides is 2. The molecule has 2 atom stereocenters. The van der Waals surface area contributed by atoms with E-state index in [1.165, 1.54) is 0 Å². The lowest BCUT2D eigenvalue weighted by Crippen LogP contribution is -2.42. The van der Waals surface area contributed by atoms with Gasteiger partial charge in [-0.2, -0.15) is 0 Å². The van der Waals surface area contributed by atoms with Crippen molar-refractivity contribution in [2.45, 2.75) is 12.1 Å². The van der Waals surface area contributed by atoms with Crippen molar-refractivity contribution in [3.05, 3.63) is 94.5 Å². The Kier molecular flexibility index (Phi) is 6.60. The number of benzene rings is 3. The largest absolute Gasteiger partial charge is 0.493 e. The molecule has 0 spiro atoms. The molecular weight excluding hydrogens is 442 g/mol. The minimum absolute atomic E-state index is 0.323. The van der Waals surface area contributed by atoms with Gasteiger partial charge < -0.3 is 14.8 Å². The predicted molar refractivity (Wildman–Crippen MR) is 125 cm³/mol. The summed E-state index contributed by atoms with van der Waals surface area (Å²) in [5.74, 6) is 0.509. The Bertz CT molecular complexity index is 1200. The molecule has 2 amide bonds. The third kappa shape index (κ3) is 4.83. The van der Waals surface area contributed by atoms with Crippen molar-refractivity contribution in [1.82, 2.24) is 10.7 Å². The first kappa shape index (κ1) is 22.4. The summed E-state index contributed by atoms with van der Waals surface area (Å²) in [6.07, 6.45) is 1.79. The van der Waals surface area contributed by atoms with E-state index in [1.807, 2.05) is 24.3 Å². The number of halogens is 1. The van der Waals surface area contributed by atoms with E-state index in [2.05, 4.69) is 10.7 Å². The summed E-state index contributed by atoms with van der Waals surface area (Å²) in [5.41, 5.74) is 4.92. The number of carbonyl (C=O) groups is 2. The van der Waals surface area contributed by atoms with Crippen molar-refractivity contribution in [2.75, 3.05) is 14.2 Å². The van der Waals surface area contributed by atoms with Gasteiger partial charge in [0, 0.05) is 21.7 Å². The monoisotopic (exact) mass is 464 g/mol. The fraction of sp³-hybridized carbons (Fsp3) is 0.160. The Morgan fingerprint density at radius 2 is 1.70 bits per heavy atom. The maximum Gasteiger partial charge on any atom is 0.304 e. The molecule has 2 N–H and O–H groups in total. The second kappa shape index (κ2) is 9.75. The Hall–Kier alpha value is -3.84. The molecule has 1 saturated heterocycles. The number of nitrogens with one attached hydrogen (secondary N) is 2. The molecule has 3 aromatic carbocycles. The van der Waals surface area contributed by atoms with Gasteiger partial charge in [-0.1, -0.05) is 41.9 Å². The number of hydrazine groups is 1. The molecule has 168 valence electrons. The van der Waals surface area contributed by atoms with Crippen LogP contribution in [0.4, 0.5) is 0 Å². The lowest BCUT2D eigenvalue weighted by Gasteiger charge is -2.15. The quantitative estimate of drug-likeness (QED) is 0.548. The van der Waals surface area contributed by atoms with Crippen LogP contribution in [0.5, 0.6) is 11.5 Å². The minimum Gasteiger partial charge on any atom is -0.493 e. The van der Waals surface area contributed by atoms with Crippen LogP contribution in [0.3, 0.4) is 0 Å². The fourth-order valence-corrected chi connectivity index (χ4v) is 3.87. The second-order valence-corrected chi connectivity index (χ2v) is 7.88. The van der Waals surface area contributed by atoms with E-state index in [1.54, 1.807) is 73.6 Å². The van der Waals surface area contributed by atoms with E-state index in [-0.39, 0.29) is 11.8 Å². The molecule has 4 rings (SSSR count). The van der Waals surface area contributed by atoms with Crippen molar-refractivity contribution >= 4 is 29.6 Å². The Morgan fingerprint density at radius 1 is 1.00 bits per heavy atom. The highest BCUT2D eigenvalue weighted by atomic mass is 35.5. The highest BCUT2D eigenvalue weighted by Gasteiger charge is 2.47.